The zero-order chi connectivity index (χ0) is 21.1. The molecule has 2 aromatic heterocycles. The van der Waals surface area contributed by atoms with Gasteiger partial charge < -0.3 is 5.32 Å². The van der Waals surface area contributed by atoms with Crippen LogP contribution in [0.3, 0.4) is 0 Å². The van der Waals surface area contributed by atoms with Crippen LogP contribution in [0.5, 0.6) is 0 Å². The fraction of sp³-hybridized carbons (Fsp3) is 0.304. The van der Waals surface area contributed by atoms with Crippen molar-refractivity contribution in [3.63, 3.8) is 0 Å². The van der Waals surface area contributed by atoms with Crippen molar-refractivity contribution in [3.05, 3.63) is 53.9 Å². The number of carbonyl (C=O) groups excluding carboxylic acids is 1. The first-order valence-corrected chi connectivity index (χ1v) is 10.3. The molecule has 0 aliphatic heterocycles. The molecule has 0 saturated carbocycles. The summed E-state index contributed by atoms with van der Waals surface area (Å²) in [6.45, 7) is 7.00. The molecule has 4 aromatic rings. The van der Waals surface area contributed by atoms with E-state index >= 15 is 0 Å². The minimum Gasteiger partial charge on any atom is -0.352 e. The lowest BCUT2D eigenvalue weighted by atomic mass is 10.0. The third kappa shape index (κ3) is 4.10. The first-order valence-electron chi connectivity index (χ1n) is 10.3. The summed E-state index contributed by atoms with van der Waals surface area (Å²) in [6, 6.07) is 13.6. The molecule has 0 aliphatic rings. The predicted octanol–water partition coefficient (Wildman–Crippen LogP) is 4.35. The normalized spacial score (nSPS) is 11.3. The number of hydrogen-bond donors (Lipinski definition) is 3. The molecule has 0 fully saturated rings. The Balaban J connectivity index is 1.68. The van der Waals surface area contributed by atoms with Crippen molar-refractivity contribution in [2.45, 2.75) is 33.6 Å². The second-order valence-electron chi connectivity index (χ2n) is 7.87. The first-order chi connectivity index (χ1) is 14.5. The Kier molecular flexibility index (Phi) is 5.61. The van der Waals surface area contributed by atoms with E-state index in [1.165, 1.54) is 0 Å². The predicted molar refractivity (Wildman–Crippen MR) is 118 cm³/mol. The van der Waals surface area contributed by atoms with E-state index in [2.05, 4.69) is 44.5 Å². The minimum absolute atomic E-state index is 0.0716. The molecular weight excluding hydrogens is 376 g/mol. The topological polar surface area (TPSA) is 99.4 Å². The van der Waals surface area contributed by atoms with E-state index < -0.39 is 0 Å². The van der Waals surface area contributed by atoms with Crippen LogP contribution >= 0.6 is 0 Å². The number of amides is 1. The van der Waals surface area contributed by atoms with Gasteiger partial charge in [-0.3, -0.25) is 15.0 Å². The van der Waals surface area contributed by atoms with Gasteiger partial charge in [-0.1, -0.05) is 32.9 Å². The highest BCUT2D eigenvalue weighted by Gasteiger charge is 2.14. The standard InChI is InChI=1S/C23H26N6O/c1-4-10-24-23(30)17-7-5-6-15(12-17)21-18-13-16(8-9-19(18)26-28-21)22-25-20(27-29-22)11-14(2)3/h5-9,12-14H,4,10-11H2,1-3H3,(H,24,30)(H,26,28)(H,25,27,29). The monoisotopic (exact) mass is 402 g/mol. The summed E-state index contributed by atoms with van der Waals surface area (Å²) >= 11 is 0. The third-order valence-electron chi connectivity index (χ3n) is 4.89. The number of nitrogens with zero attached hydrogens (tertiary/aromatic N) is 3. The van der Waals surface area contributed by atoms with Crippen LogP contribution in [0.2, 0.25) is 0 Å². The summed E-state index contributed by atoms with van der Waals surface area (Å²) in [5.74, 6) is 2.00. The van der Waals surface area contributed by atoms with Gasteiger partial charge in [-0.15, -0.1) is 0 Å². The Morgan fingerprint density at radius 2 is 1.93 bits per heavy atom. The maximum atomic E-state index is 12.3. The number of aromatic nitrogens is 5. The number of fused-ring (bicyclic) bond motifs is 1. The molecule has 0 bridgehead atoms. The molecule has 0 saturated heterocycles. The van der Waals surface area contributed by atoms with Crippen molar-refractivity contribution in [1.82, 2.24) is 30.7 Å². The van der Waals surface area contributed by atoms with Crippen LogP contribution in [-0.4, -0.2) is 37.8 Å². The molecule has 2 aromatic carbocycles. The molecule has 0 aliphatic carbocycles. The largest absolute Gasteiger partial charge is 0.352 e. The lowest BCUT2D eigenvalue weighted by Crippen LogP contribution is -2.23. The first kappa shape index (κ1) is 19.8. The van der Waals surface area contributed by atoms with Gasteiger partial charge in [-0.05, 0) is 42.7 Å². The van der Waals surface area contributed by atoms with Crippen LogP contribution in [0.15, 0.2) is 42.5 Å². The maximum Gasteiger partial charge on any atom is 0.251 e. The number of hydrogen-bond acceptors (Lipinski definition) is 4. The van der Waals surface area contributed by atoms with Crippen molar-refractivity contribution >= 4 is 16.8 Å². The number of benzene rings is 2. The summed E-state index contributed by atoms with van der Waals surface area (Å²) in [5.41, 5.74) is 4.16. The molecule has 30 heavy (non-hydrogen) atoms. The Morgan fingerprint density at radius 3 is 2.73 bits per heavy atom. The van der Waals surface area contributed by atoms with E-state index in [1.54, 1.807) is 0 Å². The highest BCUT2D eigenvalue weighted by molar-refractivity contribution is 5.98. The fourth-order valence-corrected chi connectivity index (χ4v) is 3.42. The molecule has 4 rings (SSSR count). The van der Waals surface area contributed by atoms with Gasteiger partial charge in [-0.2, -0.15) is 10.2 Å². The van der Waals surface area contributed by atoms with E-state index in [9.17, 15) is 4.79 Å². The van der Waals surface area contributed by atoms with E-state index in [4.69, 9.17) is 0 Å². The van der Waals surface area contributed by atoms with Crippen molar-refractivity contribution in [1.29, 1.82) is 0 Å². The van der Waals surface area contributed by atoms with Crippen molar-refractivity contribution in [3.8, 4) is 22.6 Å². The molecule has 2 heterocycles. The summed E-state index contributed by atoms with van der Waals surface area (Å²) in [6.07, 6.45) is 1.76. The molecule has 0 spiro atoms. The number of carbonyl (C=O) groups is 1. The molecule has 1 amide bonds. The van der Waals surface area contributed by atoms with Crippen LogP contribution in [0.1, 0.15) is 43.4 Å². The zero-order valence-electron chi connectivity index (χ0n) is 17.5. The number of nitrogens with one attached hydrogen (secondary N) is 3. The summed E-state index contributed by atoms with van der Waals surface area (Å²) < 4.78 is 0. The molecule has 0 radical (unpaired) electrons. The second-order valence-corrected chi connectivity index (χ2v) is 7.87. The van der Waals surface area contributed by atoms with Gasteiger partial charge in [0.2, 0.25) is 0 Å². The molecule has 7 heteroatoms. The SMILES string of the molecule is CCCNC(=O)c1cccc(-c2n[nH]c3ccc(-c4n[nH]c(CC(C)C)n4)cc23)c1. The molecule has 0 unspecified atom stereocenters. The molecule has 154 valence electrons. The molecule has 7 nitrogen and oxygen atoms in total. The second kappa shape index (κ2) is 8.49. The highest BCUT2D eigenvalue weighted by atomic mass is 16.1. The third-order valence-corrected chi connectivity index (χ3v) is 4.89. The fourth-order valence-electron chi connectivity index (χ4n) is 3.42. The van der Waals surface area contributed by atoms with E-state index in [-0.39, 0.29) is 5.91 Å². The Labute approximate surface area is 175 Å². The van der Waals surface area contributed by atoms with Crippen LogP contribution in [-0.2, 0) is 6.42 Å². The van der Waals surface area contributed by atoms with Crippen LogP contribution in [0.25, 0.3) is 33.5 Å². The Bertz CT molecular complexity index is 1170. The Morgan fingerprint density at radius 1 is 1.07 bits per heavy atom. The van der Waals surface area contributed by atoms with Crippen LogP contribution < -0.4 is 5.32 Å². The van der Waals surface area contributed by atoms with Crippen LogP contribution in [0, 0.1) is 5.92 Å². The van der Waals surface area contributed by atoms with E-state index in [0.29, 0.717) is 23.9 Å². The quantitative estimate of drug-likeness (QED) is 0.428. The van der Waals surface area contributed by atoms with Gasteiger partial charge in [0, 0.05) is 35.0 Å². The molecular formula is C23H26N6O. The average molecular weight is 403 g/mol. The number of H-pyrrole nitrogens is 2. The lowest BCUT2D eigenvalue weighted by Gasteiger charge is -2.05. The molecule has 0 atom stereocenters. The van der Waals surface area contributed by atoms with Gasteiger partial charge in [-0.25, -0.2) is 4.98 Å². The van der Waals surface area contributed by atoms with E-state index in [0.717, 1.165) is 46.4 Å². The lowest BCUT2D eigenvalue weighted by molar-refractivity contribution is 0.0953. The summed E-state index contributed by atoms with van der Waals surface area (Å²) in [7, 11) is 0. The van der Waals surface area contributed by atoms with Gasteiger partial charge >= 0.3 is 0 Å². The number of rotatable bonds is 7. The van der Waals surface area contributed by atoms with Gasteiger partial charge in [0.25, 0.3) is 5.91 Å². The van der Waals surface area contributed by atoms with Crippen molar-refractivity contribution < 1.29 is 4.79 Å². The van der Waals surface area contributed by atoms with E-state index in [1.807, 2.05) is 49.4 Å². The van der Waals surface area contributed by atoms with Crippen molar-refractivity contribution in [2.24, 2.45) is 5.92 Å². The van der Waals surface area contributed by atoms with Gasteiger partial charge in [0.05, 0.1) is 11.2 Å². The molecule has 3 N–H and O–H groups in total. The smallest absolute Gasteiger partial charge is 0.251 e. The van der Waals surface area contributed by atoms with Crippen LogP contribution in [0.4, 0.5) is 0 Å². The van der Waals surface area contributed by atoms with Crippen molar-refractivity contribution in [2.75, 3.05) is 6.54 Å². The Hall–Kier alpha value is -3.48. The maximum absolute atomic E-state index is 12.3. The van der Waals surface area contributed by atoms with Gasteiger partial charge in [0.1, 0.15) is 5.82 Å². The average Bonchev–Trinajstić information content (AvgIpc) is 3.38. The minimum atomic E-state index is -0.0716. The highest BCUT2D eigenvalue weighted by Crippen LogP contribution is 2.30. The number of aromatic amines is 2. The summed E-state index contributed by atoms with van der Waals surface area (Å²) in [5, 5.41) is 18.9. The zero-order valence-corrected chi connectivity index (χ0v) is 17.5. The van der Waals surface area contributed by atoms with Gasteiger partial charge in [0.15, 0.2) is 5.82 Å². The summed E-state index contributed by atoms with van der Waals surface area (Å²) in [4.78, 5) is 17.0.